The molecule has 2 aromatic carbocycles. The zero-order chi connectivity index (χ0) is 34.9. The number of aromatic nitrogens is 3. The number of rotatable bonds is 8. The van der Waals surface area contributed by atoms with E-state index < -0.39 is 38.2 Å². The standard InChI is InChI=1S/C34H34F2N6O6S/c1-34(2,3)48-33(43)39-31-30(21-6-5-7-25(16-21)41-12-14-47-15-13-41)42-20-22(8-11-29(42)38-31)23-17-27(32(46-4)37-19-23)40-49(44,45)28-10-9-24(35)18-26(28)36/h5-11,16-20,40H,12-15H2,1-4H3,(H,39,43). The predicted octanol–water partition coefficient (Wildman–Crippen LogP) is 6.33. The van der Waals surface area contributed by atoms with E-state index in [9.17, 15) is 22.0 Å². The summed E-state index contributed by atoms with van der Waals surface area (Å²) in [5.41, 5.74) is 3.09. The van der Waals surface area contributed by atoms with Crippen LogP contribution in [-0.2, 0) is 19.5 Å². The van der Waals surface area contributed by atoms with Crippen LogP contribution in [0.4, 0.5) is 30.8 Å². The number of amides is 1. The maximum absolute atomic E-state index is 14.4. The van der Waals surface area contributed by atoms with Gasteiger partial charge in [0.15, 0.2) is 5.82 Å². The maximum Gasteiger partial charge on any atom is 0.413 e. The molecular formula is C34H34F2N6O6S. The lowest BCUT2D eigenvalue weighted by molar-refractivity contribution is 0.0635. The number of hydrogen-bond donors (Lipinski definition) is 2. The van der Waals surface area contributed by atoms with Crippen molar-refractivity contribution in [3.05, 3.63) is 84.7 Å². The third kappa shape index (κ3) is 7.42. The minimum Gasteiger partial charge on any atom is -0.480 e. The molecule has 15 heteroatoms. The molecule has 2 N–H and O–H groups in total. The van der Waals surface area contributed by atoms with Crippen molar-refractivity contribution < 1.29 is 36.2 Å². The van der Waals surface area contributed by atoms with Gasteiger partial charge in [-0.1, -0.05) is 12.1 Å². The van der Waals surface area contributed by atoms with Crippen molar-refractivity contribution in [3.8, 4) is 28.3 Å². The average molecular weight is 693 g/mol. The third-order valence-corrected chi connectivity index (χ3v) is 8.94. The molecule has 0 unspecified atom stereocenters. The minimum absolute atomic E-state index is 0.0667. The molecule has 0 aliphatic carbocycles. The molecule has 1 aliphatic rings. The van der Waals surface area contributed by atoms with Crippen LogP contribution < -0.4 is 19.7 Å². The Morgan fingerprint density at radius 2 is 1.76 bits per heavy atom. The number of methoxy groups -OCH3 is 1. The number of nitrogens with one attached hydrogen (secondary N) is 2. The summed E-state index contributed by atoms with van der Waals surface area (Å²) in [5.74, 6) is -1.96. The lowest BCUT2D eigenvalue weighted by Crippen LogP contribution is -2.36. The van der Waals surface area contributed by atoms with Gasteiger partial charge in [0.25, 0.3) is 10.0 Å². The molecule has 3 aromatic heterocycles. The van der Waals surface area contributed by atoms with Gasteiger partial charge in [0.1, 0.15) is 33.5 Å². The third-order valence-electron chi connectivity index (χ3n) is 7.54. The van der Waals surface area contributed by atoms with Crippen LogP contribution >= 0.6 is 0 Å². The monoisotopic (exact) mass is 692 g/mol. The molecule has 1 fully saturated rings. The number of ether oxygens (including phenoxy) is 3. The van der Waals surface area contributed by atoms with Gasteiger partial charge in [-0.05, 0) is 63.2 Å². The summed E-state index contributed by atoms with van der Waals surface area (Å²) in [5, 5.41) is 2.80. The number of morpholine rings is 1. The largest absolute Gasteiger partial charge is 0.480 e. The zero-order valence-electron chi connectivity index (χ0n) is 27.2. The average Bonchev–Trinajstić information content (AvgIpc) is 3.40. The van der Waals surface area contributed by atoms with E-state index in [-0.39, 0.29) is 17.4 Å². The van der Waals surface area contributed by atoms with Gasteiger partial charge in [0, 0.05) is 53.9 Å². The molecule has 0 radical (unpaired) electrons. The molecule has 1 saturated heterocycles. The Morgan fingerprint density at radius 3 is 2.47 bits per heavy atom. The van der Waals surface area contributed by atoms with Crippen molar-refractivity contribution in [2.45, 2.75) is 31.3 Å². The summed E-state index contributed by atoms with van der Waals surface area (Å²) in [6, 6.07) is 15.0. The second kappa shape index (κ2) is 13.3. The number of imidazole rings is 1. The van der Waals surface area contributed by atoms with Crippen LogP contribution in [-0.4, -0.2) is 67.9 Å². The van der Waals surface area contributed by atoms with E-state index >= 15 is 0 Å². The number of fused-ring (bicyclic) bond motifs is 1. The number of pyridine rings is 2. The van der Waals surface area contributed by atoms with Gasteiger partial charge in [-0.3, -0.25) is 14.4 Å². The van der Waals surface area contributed by atoms with E-state index in [4.69, 9.17) is 19.2 Å². The highest BCUT2D eigenvalue weighted by atomic mass is 32.2. The van der Waals surface area contributed by atoms with Gasteiger partial charge in [0.05, 0.1) is 26.0 Å². The molecule has 12 nitrogen and oxygen atoms in total. The molecule has 256 valence electrons. The summed E-state index contributed by atoms with van der Waals surface area (Å²) in [4.78, 5) is 23.4. The molecule has 0 atom stereocenters. The van der Waals surface area contributed by atoms with Crippen molar-refractivity contribution in [1.29, 1.82) is 0 Å². The lowest BCUT2D eigenvalue weighted by Gasteiger charge is -2.29. The fourth-order valence-corrected chi connectivity index (χ4v) is 6.50. The van der Waals surface area contributed by atoms with Gasteiger partial charge < -0.3 is 19.1 Å². The maximum atomic E-state index is 14.4. The van der Waals surface area contributed by atoms with E-state index in [1.54, 1.807) is 39.1 Å². The van der Waals surface area contributed by atoms with E-state index in [0.717, 1.165) is 36.5 Å². The van der Waals surface area contributed by atoms with Crippen molar-refractivity contribution in [1.82, 2.24) is 14.4 Å². The van der Waals surface area contributed by atoms with Gasteiger partial charge in [0.2, 0.25) is 5.88 Å². The molecule has 6 rings (SSSR count). The van der Waals surface area contributed by atoms with Crippen molar-refractivity contribution in [2.75, 3.05) is 48.4 Å². The Bertz CT molecular complexity index is 2150. The van der Waals surface area contributed by atoms with Gasteiger partial charge in [-0.25, -0.2) is 32.0 Å². The van der Waals surface area contributed by atoms with E-state index in [2.05, 4.69) is 19.9 Å². The summed E-state index contributed by atoms with van der Waals surface area (Å²) < 4.78 is 74.6. The van der Waals surface area contributed by atoms with Gasteiger partial charge >= 0.3 is 6.09 Å². The number of anilines is 3. The normalized spacial score (nSPS) is 13.7. The molecule has 0 saturated carbocycles. The number of carbonyl (C=O) groups is 1. The fraction of sp³-hybridized carbons (Fsp3) is 0.265. The fourth-order valence-electron chi connectivity index (χ4n) is 5.39. The van der Waals surface area contributed by atoms with E-state index in [1.165, 1.54) is 19.4 Å². The highest BCUT2D eigenvalue weighted by molar-refractivity contribution is 7.92. The van der Waals surface area contributed by atoms with Crippen molar-refractivity contribution >= 4 is 39.0 Å². The number of nitrogens with zero attached hydrogens (tertiary/aromatic N) is 4. The predicted molar refractivity (Wildman–Crippen MR) is 180 cm³/mol. The van der Waals surface area contributed by atoms with Crippen molar-refractivity contribution in [3.63, 3.8) is 0 Å². The van der Waals surface area contributed by atoms with Gasteiger partial charge in [-0.2, -0.15) is 0 Å². The molecule has 0 spiro atoms. The summed E-state index contributed by atoms with van der Waals surface area (Å²) >= 11 is 0. The van der Waals surface area contributed by atoms with E-state index in [1.807, 2.05) is 28.7 Å². The van der Waals surface area contributed by atoms with Crippen LogP contribution in [0.15, 0.2) is 78.0 Å². The summed E-state index contributed by atoms with van der Waals surface area (Å²) in [7, 11) is -3.18. The first-order valence-electron chi connectivity index (χ1n) is 15.3. The Balaban J connectivity index is 1.43. The molecule has 0 bridgehead atoms. The van der Waals surface area contributed by atoms with Gasteiger partial charge in [-0.15, -0.1) is 0 Å². The topological polar surface area (TPSA) is 136 Å². The SMILES string of the molecule is COc1ncc(-c2ccc3nc(NC(=O)OC(C)(C)C)c(-c4cccc(N5CCOCC5)c4)n3c2)cc1NS(=O)(=O)c1ccc(F)cc1F. The Morgan fingerprint density at radius 1 is 0.980 bits per heavy atom. The highest BCUT2D eigenvalue weighted by Gasteiger charge is 2.24. The van der Waals surface area contributed by atoms with Crippen LogP contribution in [0.1, 0.15) is 20.8 Å². The van der Waals surface area contributed by atoms with Crippen LogP contribution in [0.3, 0.4) is 0 Å². The quantitative estimate of drug-likeness (QED) is 0.191. The molecule has 1 aliphatic heterocycles. The smallest absolute Gasteiger partial charge is 0.413 e. The molecular weight excluding hydrogens is 658 g/mol. The zero-order valence-corrected chi connectivity index (χ0v) is 28.0. The first-order valence-corrected chi connectivity index (χ1v) is 16.8. The van der Waals surface area contributed by atoms with Crippen molar-refractivity contribution in [2.24, 2.45) is 0 Å². The molecule has 49 heavy (non-hydrogen) atoms. The number of halogens is 2. The summed E-state index contributed by atoms with van der Waals surface area (Å²) in [6.07, 6.45) is 2.60. The molecule has 4 heterocycles. The number of carbonyl (C=O) groups excluding carboxylic acids is 1. The van der Waals surface area contributed by atoms with Crippen LogP contribution in [0.25, 0.3) is 28.0 Å². The Kier molecular flexibility index (Phi) is 9.14. The van der Waals surface area contributed by atoms with Crippen LogP contribution in [0, 0.1) is 11.6 Å². The first-order chi connectivity index (χ1) is 23.3. The molecule has 1 amide bonds. The highest BCUT2D eigenvalue weighted by Crippen LogP contribution is 2.35. The minimum atomic E-state index is -4.50. The second-order valence-corrected chi connectivity index (χ2v) is 13.8. The number of sulfonamides is 1. The first kappa shape index (κ1) is 33.6. The number of benzene rings is 2. The summed E-state index contributed by atoms with van der Waals surface area (Å²) in [6.45, 7) is 7.99. The van der Waals surface area contributed by atoms with E-state index in [0.29, 0.717) is 41.7 Å². The van der Waals surface area contributed by atoms with Crippen LogP contribution in [0.2, 0.25) is 0 Å². The Hall–Kier alpha value is -5.28. The van der Waals surface area contributed by atoms with Crippen LogP contribution in [0.5, 0.6) is 5.88 Å². The Labute approximate surface area is 281 Å². The lowest BCUT2D eigenvalue weighted by atomic mass is 10.1. The number of hydrogen-bond acceptors (Lipinski definition) is 9. The second-order valence-electron chi connectivity index (χ2n) is 12.2. The molecule has 5 aromatic rings.